The fourth-order valence-electron chi connectivity index (χ4n) is 2.95. The van der Waals surface area contributed by atoms with E-state index in [1.54, 1.807) is 0 Å². The lowest BCUT2D eigenvalue weighted by Gasteiger charge is -2.27. The molecule has 1 N–H and O–H groups in total. The van der Waals surface area contributed by atoms with E-state index >= 15 is 0 Å². The van der Waals surface area contributed by atoms with Gasteiger partial charge in [0, 0.05) is 31.8 Å². The highest BCUT2D eigenvalue weighted by molar-refractivity contribution is 6.02. The largest absolute Gasteiger partial charge is 0.353 e. The number of hydrogen-bond donors (Lipinski definition) is 1. The van der Waals surface area contributed by atoms with E-state index < -0.39 is 0 Å². The van der Waals surface area contributed by atoms with E-state index in [-0.39, 0.29) is 36.7 Å². The molecule has 0 bridgehead atoms. The average Bonchev–Trinajstić information content (AvgIpc) is 2.67. The van der Waals surface area contributed by atoms with Crippen molar-refractivity contribution >= 4 is 17.7 Å². The number of nitrogens with zero attached hydrogens (tertiary/aromatic N) is 1. The van der Waals surface area contributed by atoms with Gasteiger partial charge in [-0.1, -0.05) is 19.8 Å². The van der Waals surface area contributed by atoms with Gasteiger partial charge < -0.3 is 5.32 Å². The molecular weight excluding hydrogens is 244 g/mol. The Morgan fingerprint density at radius 3 is 2.58 bits per heavy atom. The Hall–Kier alpha value is -1.39. The van der Waals surface area contributed by atoms with Crippen LogP contribution in [-0.2, 0) is 14.4 Å². The number of amides is 3. The average molecular weight is 266 g/mol. The molecule has 0 unspecified atom stereocenters. The summed E-state index contributed by atoms with van der Waals surface area (Å²) < 4.78 is 0. The third-order valence-electron chi connectivity index (χ3n) is 4.02. The maximum atomic E-state index is 11.8. The number of carbonyl (C=O) groups is 3. The first kappa shape index (κ1) is 14.0. The second kappa shape index (κ2) is 6.17. The second-order valence-electron chi connectivity index (χ2n) is 5.73. The van der Waals surface area contributed by atoms with Crippen LogP contribution in [0.1, 0.15) is 51.9 Å². The van der Waals surface area contributed by atoms with Gasteiger partial charge in [0.2, 0.25) is 17.7 Å². The van der Waals surface area contributed by atoms with Crippen LogP contribution in [0, 0.1) is 5.92 Å². The number of hydrogen-bond acceptors (Lipinski definition) is 3. The third kappa shape index (κ3) is 3.78. The summed E-state index contributed by atoms with van der Waals surface area (Å²) in [7, 11) is 0. The van der Waals surface area contributed by atoms with Crippen LogP contribution in [0.3, 0.4) is 0 Å². The summed E-state index contributed by atoms with van der Waals surface area (Å²) in [5.41, 5.74) is 0. The van der Waals surface area contributed by atoms with Crippen LogP contribution in [0.15, 0.2) is 0 Å². The van der Waals surface area contributed by atoms with E-state index in [1.807, 2.05) is 0 Å². The first-order chi connectivity index (χ1) is 9.06. The Kier molecular flexibility index (Phi) is 4.56. The Balaban J connectivity index is 1.72. The first-order valence-electron chi connectivity index (χ1n) is 7.19. The smallest absolute Gasteiger partial charge is 0.229 e. The van der Waals surface area contributed by atoms with E-state index in [1.165, 1.54) is 11.3 Å². The SMILES string of the molecule is C[C@H]1CCC[C@H](NC(=O)CCN2C(=O)CCC2=O)C1. The minimum Gasteiger partial charge on any atom is -0.353 e. The molecule has 1 heterocycles. The molecule has 106 valence electrons. The topological polar surface area (TPSA) is 66.5 Å². The quantitative estimate of drug-likeness (QED) is 0.778. The number of likely N-dealkylation sites (tertiary alicyclic amines) is 1. The van der Waals surface area contributed by atoms with Crippen LogP contribution in [-0.4, -0.2) is 35.2 Å². The second-order valence-corrected chi connectivity index (χ2v) is 5.73. The van der Waals surface area contributed by atoms with Gasteiger partial charge in [-0.25, -0.2) is 0 Å². The van der Waals surface area contributed by atoms with Gasteiger partial charge >= 0.3 is 0 Å². The van der Waals surface area contributed by atoms with Crippen molar-refractivity contribution < 1.29 is 14.4 Å². The Morgan fingerprint density at radius 1 is 1.26 bits per heavy atom. The zero-order chi connectivity index (χ0) is 13.8. The molecule has 0 radical (unpaired) electrons. The number of imide groups is 1. The standard InChI is InChI=1S/C14H22N2O3/c1-10-3-2-4-11(9-10)15-12(17)7-8-16-13(18)5-6-14(16)19/h10-11H,2-9H2,1H3,(H,15,17)/t10-,11-/m0/s1. The van der Waals surface area contributed by atoms with Crippen molar-refractivity contribution in [3.63, 3.8) is 0 Å². The third-order valence-corrected chi connectivity index (χ3v) is 4.02. The van der Waals surface area contributed by atoms with Crippen molar-refractivity contribution in [2.75, 3.05) is 6.54 Å². The zero-order valence-corrected chi connectivity index (χ0v) is 11.5. The molecule has 0 spiro atoms. The number of rotatable bonds is 4. The van der Waals surface area contributed by atoms with E-state index in [0.29, 0.717) is 18.8 Å². The molecule has 2 rings (SSSR count). The molecule has 0 aromatic rings. The van der Waals surface area contributed by atoms with Gasteiger partial charge in [0.15, 0.2) is 0 Å². The summed E-state index contributed by atoms with van der Waals surface area (Å²) in [6, 6.07) is 0.265. The van der Waals surface area contributed by atoms with Gasteiger partial charge in [-0.3, -0.25) is 19.3 Å². The van der Waals surface area contributed by atoms with E-state index in [2.05, 4.69) is 12.2 Å². The summed E-state index contributed by atoms with van der Waals surface area (Å²) in [4.78, 5) is 35.8. The predicted octanol–water partition coefficient (Wildman–Crippen LogP) is 1.22. The van der Waals surface area contributed by atoms with E-state index in [9.17, 15) is 14.4 Å². The zero-order valence-electron chi connectivity index (χ0n) is 11.5. The van der Waals surface area contributed by atoms with Crippen LogP contribution < -0.4 is 5.32 Å². The Labute approximate surface area is 113 Å². The van der Waals surface area contributed by atoms with Gasteiger partial charge in [0.25, 0.3) is 0 Å². The minimum absolute atomic E-state index is 0.0494. The highest BCUT2D eigenvalue weighted by atomic mass is 16.2. The lowest BCUT2D eigenvalue weighted by Crippen LogP contribution is -2.40. The van der Waals surface area contributed by atoms with Crippen molar-refractivity contribution in [2.45, 2.75) is 57.9 Å². The fraction of sp³-hybridized carbons (Fsp3) is 0.786. The van der Waals surface area contributed by atoms with Gasteiger partial charge in [-0.05, 0) is 18.8 Å². The molecule has 1 saturated carbocycles. The number of nitrogens with one attached hydrogen (secondary N) is 1. The lowest BCUT2D eigenvalue weighted by atomic mass is 9.87. The minimum atomic E-state index is -0.149. The van der Waals surface area contributed by atoms with Crippen molar-refractivity contribution in [3.05, 3.63) is 0 Å². The summed E-state index contributed by atoms with van der Waals surface area (Å²) in [5.74, 6) is 0.320. The Bertz CT molecular complexity index is 365. The molecule has 2 aliphatic rings. The predicted molar refractivity (Wildman–Crippen MR) is 70.1 cm³/mol. The molecule has 0 aromatic carbocycles. The molecule has 5 heteroatoms. The van der Waals surface area contributed by atoms with Crippen molar-refractivity contribution in [2.24, 2.45) is 5.92 Å². The van der Waals surface area contributed by atoms with Crippen LogP contribution in [0.2, 0.25) is 0 Å². The molecule has 1 saturated heterocycles. The number of carbonyl (C=O) groups excluding carboxylic acids is 3. The summed E-state index contributed by atoms with van der Waals surface area (Å²) in [6.07, 6.45) is 5.28. The molecule has 1 aliphatic carbocycles. The molecule has 1 aliphatic heterocycles. The summed E-state index contributed by atoms with van der Waals surface area (Å²) >= 11 is 0. The lowest BCUT2D eigenvalue weighted by molar-refractivity contribution is -0.138. The maximum absolute atomic E-state index is 11.8. The van der Waals surface area contributed by atoms with Crippen LogP contribution in [0.25, 0.3) is 0 Å². The van der Waals surface area contributed by atoms with Crippen molar-refractivity contribution in [1.82, 2.24) is 10.2 Å². The van der Waals surface area contributed by atoms with Gasteiger partial charge in [-0.2, -0.15) is 0 Å². The molecule has 5 nitrogen and oxygen atoms in total. The highest BCUT2D eigenvalue weighted by Crippen LogP contribution is 2.23. The first-order valence-corrected chi connectivity index (χ1v) is 7.19. The normalized spacial score (nSPS) is 27.7. The molecule has 0 aromatic heterocycles. The Morgan fingerprint density at radius 2 is 1.95 bits per heavy atom. The van der Waals surface area contributed by atoms with Crippen molar-refractivity contribution in [1.29, 1.82) is 0 Å². The monoisotopic (exact) mass is 266 g/mol. The van der Waals surface area contributed by atoms with Crippen LogP contribution in [0.4, 0.5) is 0 Å². The van der Waals surface area contributed by atoms with E-state index in [4.69, 9.17) is 0 Å². The van der Waals surface area contributed by atoms with E-state index in [0.717, 1.165) is 19.3 Å². The molecule has 2 atom stereocenters. The van der Waals surface area contributed by atoms with Gasteiger partial charge in [0.1, 0.15) is 0 Å². The van der Waals surface area contributed by atoms with Gasteiger partial charge in [0.05, 0.1) is 0 Å². The maximum Gasteiger partial charge on any atom is 0.229 e. The van der Waals surface area contributed by atoms with Gasteiger partial charge in [-0.15, -0.1) is 0 Å². The molecule has 2 fully saturated rings. The summed E-state index contributed by atoms with van der Waals surface area (Å²) in [6.45, 7) is 2.44. The fourth-order valence-corrected chi connectivity index (χ4v) is 2.95. The molecule has 3 amide bonds. The highest BCUT2D eigenvalue weighted by Gasteiger charge is 2.29. The van der Waals surface area contributed by atoms with Crippen LogP contribution >= 0.6 is 0 Å². The van der Waals surface area contributed by atoms with Crippen molar-refractivity contribution in [3.8, 4) is 0 Å². The molecule has 19 heavy (non-hydrogen) atoms. The molecular formula is C14H22N2O3. The van der Waals surface area contributed by atoms with Crippen LogP contribution in [0.5, 0.6) is 0 Å². The summed E-state index contributed by atoms with van der Waals surface area (Å²) in [5, 5.41) is 3.01.